The number of benzene rings is 5. The summed E-state index contributed by atoms with van der Waals surface area (Å²) in [5, 5.41) is 5.39. The molecule has 7 heteroatoms. The summed E-state index contributed by atoms with van der Waals surface area (Å²) in [7, 11) is -3.79. The highest BCUT2D eigenvalue weighted by molar-refractivity contribution is 7.89. The van der Waals surface area contributed by atoms with E-state index < -0.39 is 10.0 Å². The summed E-state index contributed by atoms with van der Waals surface area (Å²) in [6.45, 7) is 5.32. The standard InChI is InChI=1S/C36H37N3O3S/c1-3-38(36(40)37-28(2)34-20-12-18-32-17-10-11-19-35(32)34)25-31-21-23-33(24-22-31)43(41,42)39(26-29-13-6-4-7-14-29)27-30-15-8-5-9-16-30/h4-24,28H,3,25-27H2,1-2H3,(H,37,40)/t28-/m0/s1. The van der Waals surface area contributed by atoms with Gasteiger partial charge in [0.15, 0.2) is 0 Å². The highest BCUT2D eigenvalue weighted by atomic mass is 32.2. The first-order valence-electron chi connectivity index (χ1n) is 14.5. The Morgan fingerprint density at radius 2 is 1.21 bits per heavy atom. The highest BCUT2D eigenvalue weighted by Crippen LogP contribution is 2.25. The van der Waals surface area contributed by atoms with Crippen LogP contribution in [-0.4, -0.2) is 30.2 Å². The molecule has 0 aliphatic carbocycles. The molecular weight excluding hydrogens is 554 g/mol. The number of nitrogens with zero attached hydrogens (tertiary/aromatic N) is 2. The first-order chi connectivity index (χ1) is 20.8. The van der Waals surface area contributed by atoms with Gasteiger partial charge in [0.2, 0.25) is 10.0 Å². The summed E-state index contributed by atoms with van der Waals surface area (Å²) in [6.07, 6.45) is 0. The highest BCUT2D eigenvalue weighted by Gasteiger charge is 2.25. The molecule has 1 N–H and O–H groups in total. The molecule has 0 heterocycles. The fourth-order valence-corrected chi connectivity index (χ4v) is 6.66. The molecule has 43 heavy (non-hydrogen) atoms. The summed E-state index contributed by atoms with van der Waals surface area (Å²) in [4.78, 5) is 15.2. The minimum atomic E-state index is -3.79. The van der Waals surface area contributed by atoms with Crippen LogP contribution >= 0.6 is 0 Å². The maximum absolute atomic E-state index is 13.8. The van der Waals surface area contributed by atoms with Crippen molar-refractivity contribution in [2.24, 2.45) is 0 Å². The minimum Gasteiger partial charge on any atom is -0.331 e. The SMILES string of the molecule is CCN(Cc1ccc(S(=O)(=O)N(Cc2ccccc2)Cc2ccccc2)cc1)C(=O)N[C@@H](C)c1cccc2ccccc12. The van der Waals surface area contributed by atoms with E-state index in [1.54, 1.807) is 29.2 Å². The number of nitrogens with one attached hydrogen (secondary N) is 1. The van der Waals surface area contributed by atoms with E-state index in [1.807, 2.05) is 98.8 Å². The molecule has 0 saturated carbocycles. The Hall–Kier alpha value is -4.46. The van der Waals surface area contributed by atoms with Crippen LogP contribution in [-0.2, 0) is 29.7 Å². The fraction of sp³-hybridized carbons (Fsp3) is 0.194. The number of hydrogen-bond acceptors (Lipinski definition) is 3. The Morgan fingerprint density at radius 1 is 0.674 bits per heavy atom. The molecule has 0 spiro atoms. The zero-order valence-corrected chi connectivity index (χ0v) is 25.4. The van der Waals surface area contributed by atoms with Crippen LogP contribution in [0.2, 0.25) is 0 Å². The third-order valence-electron chi connectivity index (χ3n) is 7.64. The van der Waals surface area contributed by atoms with E-state index >= 15 is 0 Å². The van der Waals surface area contributed by atoms with Crippen LogP contribution < -0.4 is 5.32 Å². The van der Waals surface area contributed by atoms with E-state index in [-0.39, 0.29) is 30.1 Å². The fourth-order valence-electron chi connectivity index (χ4n) is 5.25. The molecule has 6 nitrogen and oxygen atoms in total. The summed E-state index contributed by atoms with van der Waals surface area (Å²) in [6, 6.07) is 40.0. The summed E-state index contributed by atoms with van der Waals surface area (Å²) < 4.78 is 29.2. The third-order valence-corrected chi connectivity index (χ3v) is 9.44. The number of amides is 2. The molecule has 5 rings (SSSR count). The first-order valence-corrected chi connectivity index (χ1v) is 16.0. The molecule has 5 aromatic carbocycles. The minimum absolute atomic E-state index is 0.170. The van der Waals surface area contributed by atoms with Crippen molar-refractivity contribution in [1.29, 1.82) is 0 Å². The molecule has 0 aromatic heterocycles. The smallest absolute Gasteiger partial charge is 0.318 e. The van der Waals surface area contributed by atoms with Crippen molar-refractivity contribution in [3.63, 3.8) is 0 Å². The monoisotopic (exact) mass is 591 g/mol. The molecule has 1 atom stereocenters. The van der Waals surface area contributed by atoms with Gasteiger partial charge in [0.1, 0.15) is 0 Å². The zero-order chi connectivity index (χ0) is 30.2. The van der Waals surface area contributed by atoms with Crippen LogP contribution in [0.25, 0.3) is 10.8 Å². The third kappa shape index (κ3) is 7.31. The summed E-state index contributed by atoms with van der Waals surface area (Å²) in [5.41, 5.74) is 3.75. The van der Waals surface area contributed by atoms with Crippen molar-refractivity contribution in [2.45, 2.75) is 44.4 Å². The van der Waals surface area contributed by atoms with Crippen molar-refractivity contribution in [2.75, 3.05) is 6.54 Å². The van der Waals surface area contributed by atoms with Crippen LogP contribution in [0.1, 0.15) is 42.1 Å². The van der Waals surface area contributed by atoms with E-state index in [0.29, 0.717) is 13.1 Å². The molecule has 0 radical (unpaired) electrons. The van der Waals surface area contributed by atoms with Crippen molar-refractivity contribution >= 4 is 26.8 Å². The largest absolute Gasteiger partial charge is 0.331 e. The average Bonchev–Trinajstić information content (AvgIpc) is 3.04. The molecule has 2 amide bonds. The second-order valence-corrected chi connectivity index (χ2v) is 12.6. The van der Waals surface area contributed by atoms with E-state index in [4.69, 9.17) is 0 Å². The molecule has 5 aromatic rings. The predicted octanol–water partition coefficient (Wildman–Crippen LogP) is 7.52. The number of sulfonamides is 1. The zero-order valence-electron chi connectivity index (χ0n) is 24.6. The van der Waals surface area contributed by atoms with Crippen molar-refractivity contribution in [3.05, 3.63) is 150 Å². The lowest BCUT2D eigenvalue weighted by Crippen LogP contribution is -2.40. The van der Waals surface area contributed by atoms with Crippen LogP contribution in [0.3, 0.4) is 0 Å². The van der Waals surface area contributed by atoms with Crippen LogP contribution in [0.4, 0.5) is 4.79 Å². The molecule has 0 saturated heterocycles. The molecular formula is C36H37N3O3S. The lowest BCUT2D eigenvalue weighted by atomic mass is 10.00. The van der Waals surface area contributed by atoms with Gasteiger partial charge in [-0.05, 0) is 59.0 Å². The van der Waals surface area contributed by atoms with Gasteiger partial charge in [0, 0.05) is 26.2 Å². The van der Waals surface area contributed by atoms with E-state index in [2.05, 4.69) is 23.5 Å². The number of carbonyl (C=O) groups excluding carboxylic acids is 1. The number of hydrogen-bond donors (Lipinski definition) is 1. The Morgan fingerprint density at radius 3 is 1.81 bits per heavy atom. The number of rotatable bonds is 11. The maximum atomic E-state index is 13.8. The lowest BCUT2D eigenvalue weighted by molar-refractivity contribution is 0.195. The Balaban J connectivity index is 1.29. The van der Waals surface area contributed by atoms with Gasteiger partial charge in [-0.3, -0.25) is 0 Å². The van der Waals surface area contributed by atoms with E-state index in [1.165, 1.54) is 4.31 Å². The van der Waals surface area contributed by atoms with E-state index in [9.17, 15) is 13.2 Å². The average molecular weight is 592 g/mol. The molecule has 0 aliphatic heterocycles. The molecule has 0 fully saturated rings. The van der Waals surface area contributed by atoms with Crippen molar-refractivity contribution in [3.8, 4) is 0 Å². The maximum Gasteiger partial charge on any atom is 0.318 e. The quantitative estimate of drug-likeness (QED) is 0.173. The second kappa shape index (κ2) is 13.7. The van der Waals surface area contributed by atoms with Gasteiger partial charge in [-0.2, -0.15) is 4.31 Å². The van der Waals surface area contributed by atoms with Gasteiger partial charge in [0.05, 0.1) is 10.9 Å². The molecule has 0 bridgehead atoms. The van der Waals surface area contributed by atoms with Gasteiger partial charge in [-0.15, -0.1) is 0 Å². The van der Waals surface area contributed by atoms with Gasteiger partial charge >= 0.3 is 6.03 Å². The summed E-state index contributed by atoms with van der Waals surface area (Å²) >= 11 is 0. The molecule has 0 unspecified atom stereocenters. The number of fused-ring (bicyclic) bond motifs is 1. The van der Waals surface area contributed by atoms with Crippen LogP contribution in [0.5, 0.6) is 0 Å². The summed E-state index contributed by atoms with van der Waals surface area (Å²) in [5.74, 6) is 0. The van der Waals surface area contributed by atoms with Crippen molar-refractivity contribution < 1.29 is 13.2 Å². The van der Waals surface area contributed by atoms with Gasteiger partial charge < -0.3 is 10.2 Å². The van der Waals surface area contributed by atoms with Crippen LogP contribution in [0, 0.1) is 0 Å². The second-order valence-electron chi connectivity index (χ2n) is 10.6. The topological polar surface area (TPSA) is 69.7 Å². The predicted molar refractivity (Wildman–Crippen MR) is 173 cm³/mol. The van der Waals surface area contributed by atoms with Gasteiger partial charge in [-0.25, -0.2) is 13.2 Å². The van der Waals surface area contributed by atoms with E-state index in [0.717, 1.165) is 33.0 Å². The normalized spacial score (nSPS) is 12.3. The van der Waals surface area contributed by atoms with Crippen LogP contribution in [0.15, 0.2) is 132 Å². The Kier molecular flexibility index (Phi) is 9.55. The number of urea groups is 1. The first kappa shape index (κ1) is 30.0. The molecule has 220 valence electrons. The van der Waals surface area contributed by atoms with Crippen molar-refractivity contribution in [1.82, 2.24) is 14.5 Å². The van der Waals surface area contributed by atoms with Gasteiger partial charge in [0.25, 0.3) is 0 Å². The Labute approximate surface area is 254 Å². The lowest BCUT2D eigenvalue weighted by Gasteiger charge is -2.25. The van der Waals surface area contributed by atoms with Gasteiger partial charge in [-0.1, -0.05) is 115 Å². The molecule has 0 aliphatic rings. The number of carbonyl (C=O) groups is 1. The Bertz CT molecular complexity index is 1710.